The van der Waals surface area contributed by atoms with Crippen molar-refractivity contribution in [2.24, 2.45) is 0 Å². The van der Waals surface area contributed by atoms with Crippen LogP contribution in [0.25, 0.3) is 10.9 Å². The Morgan fingerprint density at radius 1 is 1.00 bits per heavy atom. The number of carbonyl (C=O) groups excluding carboxylic acids is 2. The number of carbonyl (C=O) groups is 2. The Morgan fingerprint density at radius 2 is 1.79 bits per heavy atom. The van der Waals surface area contributed by atoms with E-state index < -0.39 is 11.9 Å². The highest BCUT2D eigenvalue weighted by Crippen LogP contribution is 2.31. The number of rotatable bonds is 6. The van der Waals surface area contributed by atoms with E-state index in [1.165, 1.54) is 31.9 Å². The quantitative estimate of drug-likeness (QED) is 0.393. The zero-order valence-electron chi connectivity index (χ0n) is 18.3. The number of esters is 1. The van der Waals surface area contributed by atoms with E-state index in [2.05, 4.69) is 41.5 Å². The van der Waals surface area contributed by atoms with Gasteiger partial charge in [-0.05, 0) is 43.3 Å². The minimum atomic E-state index is -0.577. The molecule has 0 atom stereocenters. The Labute approximate surface area is 195 Å². The maximum Gasteiger partial charge on any atom is 0.308 e. The van der Waals surface area contributed by atoms with Gasteiger partial charge in [-0.15, -0.1) is 0 Å². The van der Waals surface area contributed by atoms with Gasteiger partial charge in [0.15, 0.2) is 11.4 Å². The maximum atomic E-state index is 12.9. The Morgan fingerprint density at radius 3 is 2.52 bits per heavy atom. The highest BCUT2D eigenvalue weighted by atomic mass is 32.2. The maximum absolute atomic E-state index is 12.9. The van der Waals surface area contributed by atoms with E-state index in [4.69, 9.17) is 14.5 Å². The lowest BCUT2D eigenvalue weighted by molar-refractivity contribution is -0.132. The second kappa shape index (κ2) is 9.70. The Bertz CT molecular complexity index is 1340. The molecule has 0 spiro atoms. The van der Waals surface area contributed by atoms with E-state index in [-0.39, 0.29) is 17.2 Å². The van der Waals surface area contributed by atoms with Crippen molar-refractivity contribution in [2.75, 3.05) is 12.4 Å². The Kier molecular flexibility index (Phi) is 6.55. The van der Waals surface area contributed by atoms with Gasteiger partial charge in [-0.3, -0.25) is 9.59 Å². The highest BCUT2D eigenvalue weighted by Gasteiger charge is 2.21. The molecule has 0 aliphatic rings. The van der Waals surface area contributed by atoms with Gasteiger partial charge in [0, 0.05) is 35.2 Å². The Hall–Kier alpha value is -3.91. The molecule has 4 rings (SSSR count). The normalized spacial score (nSPS) is 10.6. The van der Waals surface area contributed by atoms with Gasteiger partial charge in [0.25, 0.3) is 5.91 Å². The first kappa shape index (κ1) is 22.3. The van der Waals surface area contributed by atoms with Crippen LogP contribution >= 0.6 is 11.8 Å². The van der Waals surface area contributed by atoms with Crippen molar-refractivity contribution >= 4 is 40.2 Å². The molecule has 0 saturated carbocycles. The summed E-state index contributed by atoms with van der Waals surface area (Å²) in [6.07, 6.45) is 1.41. The molecule has 2 aromatic carbocycles. The van der Waals surface area contributed by atoms with Crippen LogP contribution in [0.4, 0.5) is 5.69 Å². The fourth-order valence-electron chi connectivity index (χ4n) is 3.15. The topological polar surface area (TPSA) is 90.4 Å². The molecule has 0 aliphatic carbocycles. The number of hydrogen-bond donors (Lipinski definition) is 1. The number of nitrogens with one attached hydrogen (secondary N) is 1. The van der Waals surface area contributed by atoms with Crippen molar-refractivity contribution in [3.63, 3.8) is 0 Å². The number of benzene rings is 2. The van der Waals surface area contributed by atoms with Crippen LogP contribution < -0.4 is 14.8 Å². The van der Waals surface area contributed by atoms with Gasteiger partial charge in [-0.1, -0.05) is 35.5 Å². The third kappa shape index (κ3) is 5.30. The summed E-state index contributed by atoms with van der Waals surface area (Å²) in [6, 6.07) is 19.1. The van der Waals surface area contributed by atoms with E-state index in [0.717, 1.165) is 20.8 Å². The predicted molar refractivity (Wildman–Crippen MR) is 127 cm³/mol. The average molecular weight is 460 g/mol. The number of aromatic nitrogens is 2. The molecule has 4 aromatic rings. The standard InChI is InChI=1S/C25H21N3O4S/c1-15-4-8-19(9-5-15)33-22-11-6-17-14-18(7-10-20(17)28-22)27-25(30)23-24(32-16(2)29)21(31-3)12-13-26-23/h4-14H,1-3H3,(H,27,30). The second-order valence-electron chi connectivity index (χ2n) is 7.21. The molecule has 1 N–H and O–H groups in total. The molecule has 8 heteroatoms. The molecule has 33 heavy (non-hydrogen) atoms. The molecule has 0 fully saturated rings. The van der Waals surface area contributed by atoms with Crippen LogP contribution in [-0.4, -0.2) is 29.0 Å². The molecular formula is C25H21N3O4S. The number of aryl methyl sites for hydroxylation is 1. The SMILES string of the molecule is COc1ccnc(C(=O)Nc2ccc3nc(Sc4ccc(C)cc4)ccc3c2)c1OC(C)=O. The summed E-state index contributed by atoms with van der Waals surface area (Å²) in [5.41, 5.74) is 2.54. The largest absolute Gasteiger partial charge is 0.493 e. The summed E-state index contributed by atoms with van der Waals surface area (Å²) in [4.78, 5) is 34.2. The summed E-state index contributed by atoms with van der Waals surface area (Å²) in [7, 11) is 1.42. The first-order valence-corrected chi connectivity index (χ1v) is 10.9. The van der Waals surface area contributed by atoms with Crippen LogP contribution in [0, 0.1) is 6.92 Å². The predicted octanol–water partition coefficient (Wildman–Crippen LogP) is 5.28. The van der Waals surface area contributed by atoms with Gasteiger partial charge in [0.1, 0.15) is 5.03 Å². The zero-order valence-corrected chi connectivity index (χ0v) is 19.1. The molecule has 7 nitrogen and oxygen atoms in total. The third-order valence-electron chi connectivity index (χ3n) is 4.71. The lowest BCUT2D eigenvalue weighted by Crippen LogP contribution is -2.17. The molecule has 0 aliphatic heterocycles. The first-order valence-electron chi connectivity index (χ1n) is 10.1. The number of pyridine rings is 2. The molecule has 0 saturated heterocycles. The van der Waals surface area contributed by atoms with Crippen molar-refractivity contribution in [1.29, 1.82) is 0 Å². The van der Waals surface area contributed by atoms with Gasteiger partial charge in [0.2, 0.25) is 5.75 Å². The van der Waals surface area contributed by atoms with Crippen LogP contribution in [0.2, 0.25) is 0 Å². The zero-order chi connectivity index (χ0) is 23.4. The van der Waals surface area contributed by atoms with Gasteiger partial charge in [0.05, 0.1) is 12.6 Å². The van der Waals surface area contributed by atoms with Gasteiger partial charge in [-0.2, -0.15) is 0 Å². The van der Waals surface area contributed by atoms with Crippen molar-refractivity contribution in [3.05, 3.63) is 78.1 Å². The molecule has 2 aromatic heterocycles. The lowest BCUT2D eigenvalue weighted by Gasteiger charge is -2.12. The van der Waals surface area contributed by atoms with Crippen LogP contribution in [0.5, 0.6) is 11.5 Å². The van der Waals surface area contributed by atoms with Crippen LogP contribution in [0.3, 0.4) is 0 Å². The van der Waals surface area contributed by atoms with Crippen molar-refractivity contribution in [3.8, 4) is 11.5 Å². The summed E-state index contributed by atoms with van der Waals surface area (Å²) in [5, 5.41) is 4.55. The number of ether oxygens (including phenoxy) is 2. The Balaban J connectivity index is 1.55. The fourth-order valence-corrected chi connectivity index (χ4v) is 3.95. The molecule has 2 heterocycles. The summed E-state index contributed by atoms with van der Waals surface area (Å²) in [5.74, 6) is -0.882. The van der Waals surface area contributed by atoms with Crippen LogP contribution in [0.1, 0.15) is 23.0 Å². The van der Waals surface area contributed by atoms with Crippen molar-refractivity contribution in [2.45, 2.75) is 23.8 Å². The molecule has 0 bridgehead atoms. The minimum absolute atomic E-state index is 0.0229. The molecule has 166 valence electrons. The van der Waals surface area contributed by atoms with Crippen LogP contribution in [-0.2, 0) is 4.79 Å². The van der Waals surface area contributed by atoms with E-state index in [0.29, 0.717) is 5.69 Å². The van der Waals surface area contributed by atoms with E-state index in [1.54, 1.807) is 17.8 Å². The number of hydrogen-bond acceptors (Lipinski definition) is 7. The van der Waals surface area contributed by atoms with E-state index in [9.17, 15) is 9.59 Å². The summed E-state index contributed by atoms with van der Waals surface area (Å²) >= 11 is 1.59. The number of anilines is 1. The average Bonchev–Trinajstić information content (AvgIpc) is 2.80. The van der Waals surface area contributed by atoms with Crippen LogP contribution in [0.15, 0.2) is 76.8 Å². The monoisotopic (exact) mass is 459 g/mol. The number of nitrogens with zero attached hydrogens (tertiary/aromatic N) is 2. The lowest BCUT2D eigenvalue weighted by atomic mass is 10.2. The van der Waals surface area contributed by atoms with Crippen molar-refractivity contribution in [1.82, 2.24) is 9.97 Å². The van der Waals surface area contributed by atoms with Gasteiger partial charge >= 0.3 is 5.97 Å². The third-order valence-corrected chi connectivity index (χ3v) is 5.66. The smallest absolute Gasteiger partial charge is 0.308 e. The van der Waals surface area contributed by atoms with E-state index >= 15 is 0 Å². The first-order chi connectivity index (χ1) is 15.9. The fraction of sp³-hybridized carbons (Fsp3) is 0.120. The summed E-state index contributed by atoms with van der Waals surface area (Å²) < 4.78 is 10.4. The van der Waals surface area contributed by atoms with Crippen molar-refractivity contribution < 1.29 is 19.1 Å². The second-order valence-corrected chi connectivity index (χ2v) is 8.30. The molecule has 0 radical (unpaired) electrons. The highest BCUT2D eigenvalue weighted by molar-refractivity contribution is 7.99. The van der Waals surface area contributed by atoms with Gasteiger partial charge in [-0.25, -0.2) is 9.97 Å². The molecule has 0 unspecified atom stereocenters. The minimum Gasteiger partial charge on any atom is -0.493 e. The van der Waals surface area contributed by atoms with E-state index in [1.807, 2.05) is 24.3 Å². The molecular weight excluding hydrogens is 438 g/mol. The molecule has 1 amide bonds. The number of amides is 1. The number of fused-ring (bicyclic) bond motifs is 1. The number of methoxy groups -OCH3 is 1. The summed E-state index contributed by atoms with van der Waals surface area (Å²) in [6.45, 7) is 3.30. The van der Waals surface area contributed by atoms with Gasteiger partial charge < -0.3 is 14.8 Å².